The summed E-state index contributed by atoms with van der Waals surface area (Å²) in [6.45, 7) is 11.5. The van der Waals surface area contributed by atoms with Gasteiger partial charge >= 0.3 is 12.2 Å². The van der Waals surface area contributed by atoms with E-state index in [0.717, 1.165) is 0 Å². The number of amides is 2. The van der Waals surface area contributed by atoms with Crippen molar-refractivity contribution in [1.29, 1.82) is 0 Å². The predicted molar refractivity (Wildman–Crippen MR) is 141 cm³/mol. The van der Waals surface area contributed by atoms with Gasteiger partial charge in [0.15, 0.2) is 11.6 Å². The van der Waals surface area contributed by atoms with Crippen molar-refractivity contribution >= 4 is 29.6 Å². The van der Waals surface area contributed by atoms with Crippen LogP contribution in [-0.4, -0.2) is 33.4 Å². The fourth-order valence-corrected chi connectivity index (χ4v) is 3.73. The third-order valence-corrected chi connectivity index (χ3v) is 5.47. The predicted octanol–water partition coefficient (Wildman–Crippen LogP) is 7.65. The van der Waals surface area contributed by atoms with Crippen molar-refractivity contribution in [2.45, 2.75) is 66.1 Å². The first-order chi connectivity index (χ1) is 17.6. The van der Waals surface area contributed by atoms with Gasteiger partial charge in [0.05, 0.1) is 0 Å². The van der Waals surface area contributed by atoms with Gasteiger partial charge in [0.25, 0.3) is 0 Å². The number of carbonyl (C=O) groups excluding carboxylic acids is 2. The van der Waals surface area contributed by atoms with Crippen molar-refractivity contribution in [2.75, 3.05) is 4.90 Å². The van der Waals surface area contributed by atoms with Crippen LogP contribution in [0.3, 0.4) is 0 Å². The van der Waals surface area contributed by atoms with Crippen molar-refractivity contribution in [3.05, 3.63) is 76.2 Å². The molecule has 0 bridgehead atoms. The highest BCUT2D eigenvalue weighted by molar-refractivity contribution is 6.30. The van der Waals surface area contributed by atoms with Gasteiger partial charge in [-0.25, -0.2) is 23.4 Å². The lowest BCUT2D eigenvalue weighted by atomic mass is 9.95. The topological polar surface area (TPSA) is 81.6 Å². The normalized spacial score (nSPS) is 11.7. The van der Waals surface area contributed by atoms with Gasteiger partial charge < -0.3 is 9.47 Å². The van der Waals surface area contributed by atoms with Gasteiger partial charge in [-0.1, -0.05) is 11.6 Å². The van der Waals surface area contributed by atoms with Crippen LogP contribution in [0, 0.1) is 18.6 Å². The second kappa shape index (κ2) is 11.0. The van der Waals surface area contributed by atoms with E-state index in [9.17, 15) is 14.0 Å². The number of carbonyl (C=O) groups is 2. The van der Waals surface area contributed by atoms with Gasteiger partial charge in [-0.3, -0.25) is 4.98 Å². The van der Waals surface area contributed by atoms with Crippen molar-refractivity contribution in [2.24, 2.45) is 0 Å². The van der Waals surface area contributed by atoms with Crippen molar-refractivity contribution < 1.29 is 27.8 Å². The number of halogens is 3. The lowest BCUT2D eigenvalue weighted by Gasteiger charge is -2.28. The van der Waals surface area contributed by atoms with Crippen LogP contribution in [0.5, 0.6) is 0 Å². The number of anilines is 1. The summed E-state index contributed by atoms with van der Waals surface area (Å²) in [5.74, 6) is -1.95. The molecule has 202 valence electrons. The highest BCUT2D eigenvalue weighted by Crippen LogP contribution is 2.31. The Hall–Kier alpha value is -3.59. The van der Waals surface area contributed by atoms with Gasteiger partial charge in [0, 0.05) is 41.2 Å². The van der Waals surface area contributed by atoms with E-state index in [-0.39, 0.29) is 17.5 Å². The Morgan fingerprint density at radius 2 is 1.53 bits per heavy atom. The van der Waals surface area contributed by atoms with E-state index >= 15 is 4.39 Å². The molecule has 0 unspecified atom stereocenters. The fraction of sp³-hybridized carbons (Fsp3) is 0.357. The molecule has 0 N–H and O–H groups in total. The third-order valence-electron chi connectivity index (χ3n) is 5.23. The van der Waals surface area contributed by atoms with E-state index in [4.69, 9.17) is 21.1 Å². The Kier molecular flexibility index (Phi) is 8.41. The Morgan fingerprint density at radius 3 is 2.11 bits per heavy atom. The number of hydrogen-bond acceptors (Lipinski definition) is 6. The summed E-state index contributed by atoms with van der Waals surface area (Å²) in [4.78, 5) is 34.5. The number of imide groups is 1. The minimum absolute atomic E-state index is 0.0205. The van der Waals surface area contributed by atoms with E-state index in [1.54, 1.807) is 54.7 Å². The summed E-state index contributed by atoms with van der Waals surface area (Å²) in [5.41, 5.74) is 0.214. The second-order valence-corrected chi connectivity index (χ2v) is 11.1. The molecule has 38 heavy (non-hydrogen) atoms. The smallest absolute Gasteiger partial charge is 0.425 e. The van der Waals surface area contributed by atoms with Crippen molar-refractivity contribution in [3.8, 4) is 11.1 Å². The molecule has 1 aromatic carbocycles. The van der Waals surface area contributed by atoms with Crippen molar-refractivity contribution in [3.63, 3.8) is 0 Å². The molecule has 3 aromatic rings. The van der Waals surface area contributed by atoms with Crippen LogP contribution in [-0.2, 0) is 15.9 Å². The molecule has 0 saturated carbocycles. The fourth-order valence-electron chi connectivity index (χ4n) is 3.55. The van der Waals surface area contributed by atoms with E-state index in [1.165, 1.54) is 36.7 Å². The summed E-state index contributed by atoms with van der Waals surface area (Å²) < 4.78 is 41.0. The quantitative estimate of drug-likeness (QED) is 0.335. The highest BCUT2D eigenvalue weighted by Gasteiger charge is 2.36. The molecule has 0 aliphatic carbocycles. The van der Waals surface area contributed by atoms with Crippen LogP contribution in [0.25, 0.3) is 11.1 Å². The standard InChI is InChI=1S/C28H30ClF2N3O4/c1-16-18(14-32-15-21(16)20-13-19(29)8-9-22(20)30)12-17-10-11-33-24(23(17)31)34(25(35)37-27(2,3)4)26(36)38-28(5,6)7/h8-11,13-15H,12H2,1-7H3. The molecule has 3 rings (SSSR count). The average Bonchev–Trinajstić information content (AvgIpc) is 2.77. The maximum Gasteiger partial charge on any atom is 0.425 e. The van der Waals surface area contributed by atoms with E-state index in [0.29, 0.717) is 26.6 Å². The van der Waals surface area contributed by atoms with E-state index in [1.807, 2.05) is 0 Å². The molecule has 10 heteroatoms. The minimum atomic E-state index is -1.13. The minimum Gasteiger partial charge on any atom is -0.443 e. The molecule has 0 fully saturated rings. The first kappa shape index (κ1) is 29.0. The molecule has 0 aliphatic heterocycles. The summed E-state index contributed by atoms with van der Waals surface area (Å²) in [5, 5.41) is 0.361. The van der Waals surface area contributed by atoms with Crippen LogP contribution >= 0.6 is 11.6 Å². The zero-order valence-corrected chi connectivity index (χ0v) is 23.1. The molecule has 0 aliphatic rings. The molecule has 0 atom stereocenters. The van der Waals surface area contributed by atoms with E-state index < -0.39 is 40.8 Å². The Balaban J connectivity index is 2.04. The first-order valence-corrected chi connectivity index (χ1v) is 12.2. The van der Waals surface area contributed by atoms with E-state index in [2.05, 4.69) is 9.97 Å². The maximum absolute atomic E-state index is 15.8. The summed E-state index contributed by atoms with van der Waals surface area (Å²) in [7, 11) is 0. The van der Waals surface area contributed by atoms with Crippen LogP contribution < -0.4 is 4.90 Å². The van der Waals surface area contributed by atoms with Crippen LogP contribution in [0.2, 0.25) is 5.02 Å². The largest absolute Gasteiger partial charge is 0.443 e. The summed E-state index contributed by atoms with van der Waals surface area (Å²) in [6.07, 6.45) is 2.08. The molecule has 7 nitrogen and oxygen atoms in total. The third kappa shape index (κ3) is 7.04. The monoisotopic (exact) mass is 545 g/mol. The van der Waals surface area contributed by atoms with Gasteiger partial charge in [-0.15, -0.1) is 0 Å². The summed E-state index contributed by atoms with van der Waals surface area (Å²) in [6, 6.07) is 5.63. The molecule has 2 heterocycles. The SMILES string of the molecule is Cc1c(Cc2ccnc(N(C(=O)OC(C)(C)C)C(=O)OC(C)(C)C)c2F)cncc1-c1cc(Cl)ccc1F. The van der Waals surface area contributed by atoms with Gasteiger partial charge in [-0.2, -0.15) is 4.90 Å². The molecule has 0 spiro atoms. The Bertz CT molecular complexity index is 1340. The number of aromatic nitrogens is 2. The number of hydrogen-bond donors (Lipinski definition) is 0. The van der Waals surface area contributed by atoms with Crippen molar-refractivity contribution in [1.82, 2.24) is 9.97 Å². The summed E-state index contributed by atoms with van der Waals surface area (Å²) >= 11 is 6.06. The number of benzene rings is 1. The zero-order valence-electron chi connectivity index (χ0n) is 22.4. The average molecular weight is 546 g/mol. The van der Waals surface area contributed by atoms with Gasteiger partial charge in [0.2, 0.25) is 0 Å². The number of pyridine rings is 2. The second-order valence-electron chi connectivity index (χ2n) is 10.7. The first-order valence-electron chi connectivity index (χ1n) is 11.9. The molecule has 0 saturated heterocycles. The highest BCUT2D eigenvalue weighted by atomic mass is 35.5. The Labute approximate surface area is 225 Å². The van der Waals surface area contributed by atoms with Crippen LogP contribution in [0.15, 0.2) is 42.9 Å². The molecule has 2 amide bonds. The van der Waals surface area contributed by atoms with Crippen LogP contribution in [0.1, 0.15) is 58.2 Å². The number of ether oxygens (including phenoxy) is 2. The van der Waals surface area contributed by atoms with Gasteiger partial charge in [0.1, 0.15) is 17.0 Å². The molecule has 2 aromatic heterocycles. The van der Waals surface area contributed by atoms with Gasteiger partial charge in [-0.05, 0) is 89.4 Å². The Morgan fingerprint density at radius 1 is 0.921 bits per heavy atom. The lowest BCUT2D eigenvalue weighted by molar-refractivity contribution is 0.0427. The number of nitrogens with zero attached hydrogens (tertiary/aromatic N) is 3. The molecular formula is C28H30ClF2N3O4. The number of rotatable bonds is 4. The molecular weight excluding hydrogens is 516 g/mol. The lowest BCUT2D eigenvalue weighted by Crippen LogP contribution is -2.44. The molecule has 0 radical (unpaired) electrons. The zero-order chi connectivity index (χ0) is 28.4. The maximum atomic E-state index is 15.8. The van der Waals surface area contributed by atoms with Crippen LogP contribution in [0.4, 0.5) is 24.2 Å².